The Bertz CT molecular complexity index is 664. The first-order valence-corrected chi connectivity index (χ1v) is 7.76. The smallest absolute Gasteiger partial charge is 0.271 e. The zero-order chi connectivity index (χ0) is 14.7. The predicted octanol–water partition coefficient (Wildman–Crippen LogP) is 5.70. The Labute approximate surface area is 137 Å². The van der Waals surface area contributed by atoms with Crippen molar-refractivity contribution in [1.82, 2.24) is 0 Å². The van der Waals surface area contributed by atoms with E-state index in [9.17, 15) is 10.1 Å². The molecule has 0 saturated carbocycles. The molecule has 0 saturated heterocycles. The Kier molecular flexibility index (Phi) is 5.01. The number of nitro groups is 1. The molecule has 0 aromatic heterocycles. The molecule has 0 N–H and O–H groups in total. The molecule has 104 valence electrons. The molecule has 4 nitrogen and oxygen atoms in total. The van der Waals surface area contributed by atoms with Gasteiger partial charge in [-0.25, -0.2) is 0 Å². The minimum Gasteiger partial charge on any atom is -0.455 e. The summed E-state index contributed by atoms with van der Waals surface area (Å²) in [6.07, 6.45) is 0. The summed E-state index contributed by atoms with van der Waals surface area (Å²) in [6, 6.07) is 9.68. The number of alkyl halides is 1. The van der Waals surface area contributed by atoms with Gasteiger partial charge in [0.05, 0.1) is 9.95 Å². The maximum Gasteiger partial charge on any atom is 0.271 e. The molecule has 0 aliphatic rings. The summed E-state index contributed by atoms with van der Waals surface area (Å²) in [6.45, 7) is 0. The molecule has 20 heavy (non-hydrogen) atoms. The van der Waals surface area contributed by atoms with E-state index in [0.717, 1.165) is 10.0 Å². The van der Waals surface area contributed by atoms with E-state index in [1.54, 1.807) is 6.07 Å². The van der Waals surface area contributed by atoms with Crippen LogP contribution in [0.15, 0.2) is 40.9 Å². The minimum absolute atomic E-state index is 0.0705. The molecule has 0 radical (unpaired) electrons. The van der Waals surface area contributed by atoms with Crippen LogP contribution in [0.2, 0.25) is 5.02 Å². The SMILES string of the molecule is O=[N+]([O-])c1ccc(Oc2ccc(Br)cc2CBr)c(Cl)c1. The van der Waals surface area contributed by atoms with Crippen LogP contribution in [0.3, 0.4) is 0 Å². The van der Waals surface area contributed by atoms with Crippen LogP contribution < -0.4 is 4.74 Å². The third-order valence-electron chi connectivity index (χ3n) is 2.51. The van der Waals surface area contributed by atoms with Gasteiger partial charge in [0.15, 0.2) is 0 Å². The number of non-ortho nitro benzene ring substituents is 1. The number of nitro benzene ring substituents is 1. The standard InChI is InChI=1S/C13H8Br2ClNO3/c14-7-8-5-9(15)1-3-12(8)20-13-4-2-10(17(18)19)6-11(13)16/h1-6H,7H2. The molecule has 0 atom stereocenters. The largest absolute Gasteiger partial charge is 0.455 e. The zero-order valence-electron chi connectivity index (χ0n) is 9.98. The first kappa shape index (κ1) is 15.3. The molecule has 0 spiro atoms. The van der Waals surface area contributed by atoms with Gasteiger partial charge in [0.1, 0.15) is 11.5 Å². The Morgan fingerprint density at radius 2 is 1.90 bits per heavy atom. The van der Waals surface area contributed by atoms with Crippen LogP contribution in [0, 0.1) is 10.1 Å². The van der Waals surface area contributed by atoms with Gasteiger partial charge in [-0.05, 0) is 24.3 Å². The molecule has 2 aromatic rings. The quantitative estimate of drug-likeness (QED) is 0.362. The topological polar surface area (TPSA) is 52.4 Å². The van der Waals surface area contributed by atoms with Crippen molar-refractivity contribution in [2.75, 3.05) is 0 Å². The molecule has 0 amide bonds. The zero-order valence-corrected chi connectivity index (χ0v) is 13.9. The van der Waals surface area contributed by atoms with Gasteiger partial charge in [-0.15, -0.1) is 0 Å². The number of rotatable bonds is 4. The monoisotopic (exact) mass is 419 g/mol. The lowest BCUT2D eigenvalue weighted by Gasteiger charge is -2.11. The van der Waals surface area contributed by atoms with E-state index in [1.807, 2.05) is 12.1 Å². The van der Waals surface area contributed by atoms with Crippen LogP contribution in [-0.2, 0) is 5.33 Å². The molecule has 0 unspecified atom stereocenters. The highest BCUT2D eigenvalue weighted by Gasteiger charge is 2.12. The van der Waals surface area contributed by atoms with Gasteiger partial charge >= 0.3 is 0 Å². The highest BCUT2D eigenvalue weighted by molar-refractivity contribution is 9.10. The molecule has 7 heteroatoms. The van der Waals surface area contributed by atoms with E-state index in [4.69, 9.17) is 16.3 Å². The van der Waals surface area contributed by atoms with E-state index in [-0.39, 0.29) is 10.7 Å². The van der Waals surface area contributed by atoms with Crippen molar-refractivity contribution in [2.45, 2.75) is 5.33 Å². The second-order valence-electron chi connectivity index (χ2n) is 3.86. The number of hydrogen-bond donors (Lipinski definition) is 0. The minimum atomic E-state index is -0.501. The summed E-state index contributed by atoms with van der Waals surface area (Å²) in [5, 5.41) is 11.5. The van der Waals surface area contributed by atoms with Crippen LogP contribution in [0.1, 0.15) is 5.56 Å². The van der Waals surface area contributed by atoms with Gasteiger partial charge in [0.25, 0.3) is 5.69 Å². The van der Waals surface area contributed by atoms with Crippen LogP contribution >= 0.6 is 43.5 Å². The first-order chi connectivity index (χ1) is 9.51. The van der Waals surface area contributed by atoms with Crippen LogP contribution in [0.5, 0.6) is 11.5 Å². The van der Waals surface area contributed by atoms with Gasteiger partial charge in [0.2, 0.25) is 0 Å². The highest BCUT2D eigenvalue weighted by Crippen LogP contribution is 2.35. The van der Waals surface area contributed by atoms with E-state index in [0.29, 0.717) is 16.8 Å². The highest BCUT2D eigenvalue weighted by atomic mass is 79.9. The second kappa shape index (κ2) is 6.56. The molecule has 0 aliphatic heterocycles. The van der Waals surface area contributed by atoms with Crippen molar-refractivity contribution >= 4 is 49.1 Å². The molecule has 0 fully saturated rings. The van der Waals surface area contributed by atoms with E-state index in [2.05, 4.69) is 31.9 Å². The van der Waals surface area contributed by atoms with E-state index >= 15 is 0 Å². The van der Waals surface area contributed by atoms with Crippen molar-refractivity contribution in [3.8, 4) is 11.5 Å². The Morgan fingerprint density at radius 1 is 1.20 bits per heavy atom. The number of halogens is 3. The maximum atomic E-state index is 10.7. The van der Waals surface area contributed by atoms with Crippen molar-refractivity contribution in [1.29, 1.82) is 0 Å². The summed E-state index contributed by atoms with van der Waals surface area (Å²) in [5.74, 6) is 1.02. The predicted molar refractivity (Wildman–Crippen MR) is 85.0 cm³/mol. The third-order valence-corrected chi connectivity index (χ3v) is 3.91. The first-order valence-electron chi connectivity index (χ1n) is 5.47. The fourth-order valence-electron chi connectivity index (χ4n) is 1.56. The summed E-state index contributed by atoms with van der Waals surface area (Å²) in [4.78, 5) is 10.2. The van der Waals surface area contributed by atoms with Crippen molar-refractivity contribution in [3.63, 3.8) is 0 Å². The number of nitrogens with zero attached hydrogens (tertiary/aromatic N) is 1. The molecular weight excluding hydrogens is 413 g/mol. The number of ether oxygens (including phenoxy) is 1. The molecule has 0 bridgehead atoms. The van der Waals surface area contributed by atoms with Crippen LogP contribution in [-0.4, -0.2) is 4.92 Å². The second-order valence-corrected chi connectivity index (χ2v) is 5.74. The normalized spacial score (nSPS) is 10.3. The van der Waals surface area contributed by atoms with Crippen molar-refractivity contribution in [3.05, 3.63) is 61.6 Å². The van der Waals surface area contributed by atoms with Gasteiger partial charge in [-0.3, -0.25) is 10.1 Å². The fourth-order valence-corrected chi connectivity index (χ4v) is 2.62. The molecule has 0 aliphatic carbocycles. The number of benzene rings is 2. The van der Waals surface area contributed by atoms with E-state index < -0.39 is 4.92 Å². The van der Waals surface area contributed by atoms with Crippen LogP contribution in [0.4, 0.5) is 5.69 Å². The van der Waals surface area contributed by atoms with Gasteiger partial charge in [0, 0.05) is 27.5 Å². The Balaban J connectivity index is 2.33. The summed E-state index contributed by atoms with van der Waals surface area (Å²) in [7, 11) is 0. The summed E-state index contributed by atoms with van der Waals surface area (Å²) >= 11 is 12.8. The van der Waals surface area contributed by atoms with Gasteiger partial charge < -0.3 is 4.74 Å². The molecule has 2 rings (SSSR count). The lowest BCUT2D eigenvalue weighted by molar-refractivity contribution is -0.384. The lowest BCUT2D eigenvalue weighted by Crippen LogP contribution is -1.92. The molecular formula is C13H8Br2ClNO3. The fraction of sp³-hybridized carbons (Fsp3) is 0.0769. The van der Waals surface area contributed by atoms with Crippen molar-refractivity contribution in [2.24, 2.45) is 0 Å². The number of hydrogen-bond acceptors (Lipinski definition) is 3. The van der Waals surface area contributed by atoms with E-state index in [1.165, 1.54) is 18.2 Å². The summed E-state index contributed by atoms with van der Waals surface area (Å²) < 4.78 is 6.65. The van der Waals surface area contributed by atoms with Gasteiger partial charge in [-0.2, -0.15) is 0 Å². The maximum absolute atomic E-state index is 10.7. The van der Waals surface area contributed by atoms with Crippen LogP contribution in [0.25, 0.3) is 0 Å². The average molecular weight is 421 g/mol. The third kappa shape index (κ3) is 3.50. The van der Waals surface area contributed by atoms with Crippen molar-refractivity contribution < 1.29 is 9.66 Å². The lowest BCUT2D eigenvalue weighted by atomic mass is 10.2. The summed E-state index contributed by atoms with van der Waals surface area (Å²) in [5.41, 5.74) is 0.868. The molecule has 2 aromatic carbocycles. The Hall–Kier alpha value is -1.11. The Morgan fingerprint density at radius 3 is 2.50 bits per heavy atom. The average Bonchev–Trinajstić information content (AvgIpc) is 2.42. The molecule has 0 heterocycles. The van der Waals surface area contributed by atoms with Gasteiger partial charge in [-0.1, -0.05) is 43.5 Å².